The molecule has 0 atom stereocenters. The first-order chi connectivity index (χ1) is 12.2. The van der Waals surface area contributed by atoms with Crippen molar-refractivity contribution in [2.75, 3.05) is 39.3 Å². The van der Waals surface area contributed by atoms with Gasteiger partial charge in [-0.1, -0.05) is 6.92 Å². The lowest BCUT2D eigenvalue weighted by molar-refractivity contribution is -0.136. The molecule has 3 fully saturated rings. The lowest BCUT2D eigenvalue weighted by Crippen LogP contribution is -2.51. The molecule has 0 bridgehead atoms. The maximum absolute atomic E-state index is 12.8. The van der Waals surface area contributed by atoms with Gasteiger partial charge in [0, 0.05) is 51.7 Å². The summed E-state index contributed by atoms with van der Waals surface area (Å²) in [6.45, 7) is 13.0. The van der Waals surface area contributed by atoms with Crippen molar-refractivity contribution in [2.45, 2.75) is 71.4 Å². The summed E-state index contributed by atoms with van der Waals surface area (Å²) in [5, 5.41) is 0. The summed E-state index contributed by atoms with van der Waals surface area (Å²) < 4.78 is 5.46. The van der Waals surface area contributed by atoms with Gasteiger partial charge in [0.25, 0.3) is 0 Å². The van der Waals surface area contributed by atoms with Crippen LogP contribution in [0.1, 0.15) is 59.8 Å². The van der Waals surface area contributed by atoms with E-state index in [1.165, 1.54) is 12.8 Å². The smallest absolute Gasteiger partial charge is 0.410 e. The quantitative estimate of drug-likeness (QED) is 0.772. The SMILES string of the molecule is CC1(CC(=O)N2CCN(C3CC3)CC2)CCN(C(=O)OC(C)(C)C)CC1. The molecule has 0 aromatic rings. The number of ether oxygens (including phenoxy) is 1. The molecule has 2 aliphatic heterocycles. The van der Waals surface area contributed by atoms with Gasteiger partial charge in [-0.25, -0.2) is 4.79 Å². The van der Waals surface area contributed by atoms with Gasteiger partial charge in [0.05, 0.1) is 0 Å². The Morgan fingerprint density at radius 2 is 1.54 bits per heavy atom. The van der Waals surface area contributed by atoms with Crippen LogP contribution in [0, 0.1) is 5.41 Å². The zero-order valence-electron chi connectivity index (χ0n) is 16.9. The van der Waals surface area contributed by atoms with Crippen LogP contribution in [0.5, 0.6) is 0 Å². The molecule has 2 amide bonds. The highest BCUT2D eigenvalue weighted by Gasteiger charge is 2.37. The number of likely N-dealkylation sites (tertiary alicyclic amines) is 1. The fraction of sp³-hybridized carbons (Fsp3) is 0.900. The van der Waals surface area contributed by atoms with Crippen molar-refractivity contribution >= 4 is 12.0 Å². The van der Waals surface area contributed by atoms with E-state index in [9.17, 15) is 9.59 Å². The molecule has 1 aliphatic carbocycles. The van der Waals surface area contributed by atoms with Gasteiger partial charge in [-0.05, 0) is 51.9 Å². The van der Waals surface area contributed by atoms with Crippen molar-refractivity contribution in [3.8, 4) is 0 Å². The minimum atomic E-state index is -0.462. The van der Waals surface area contributed by atoms with E-state index < -0.39 is 5.60 Å². The Hall–Kier alpha value is -1.30. The summed E-state index contributed by atoms with van der Waals surface area (Å²) in [6, 6.07) is 0.793. The van der Waals surface area contributed by atoms with Crippen LogP contribution in [0.25, 0.3) is 0 Å². The van der Waals surface area contributed by atoms with Gasteiger partial charge in [0.1, 0.15) is 5.60 Å². The van der Waals surface area contributed by atoms with E-state index in [1.54, 1.807) is 4.90 Å². The maximum Gasteiger partial charge on any atom is 0.410 e. The van der Waals surface area contributed by atoms with Gasteiger partial charge in [-0.2, -0.15) is 0 Å². The molecule has 3 aliphatic rings. The Kier molecular flexibility index (Phi) is 5.52. The molecule has 148 valence electrons. The van der Waals surface area contributed by atoms with Gasteiger partial charge in [0.15, 0.2) is 0 Å². The molecular formula is C20H35N3O3. The molecule has 2 saturated heterocycles. The van der Waals surface area contributed by atoms with Gasteiger partial charge >= 0.3 is 6.09 Å². The first-order valence-electron chi connectivity index (χ1n) is 10.1. The summed E-state index contributed by atoms with van der Waals surface area (Å²) >= 11 is 0. The maximum atomic E-state index is 12.8. The molecule has 6 nitrogen and oxygen atoms in total. The van der Waals surface area contributed by atoms with E-state index >= 15 is 0 Å². The van der Waals surface area contributed by atoms with E-state index in [2.05, 4.69) is 11.8 Å². The number of nitrogens with zero attached hydrogens (tertiary/aromatic N) is 3. The van der Waals surface area contributed by atoms with E-state index in [0.717, 1.165) is 45.1 Å². The lowest BCUT2D eigenvalue weighted by atomic mass is 9.77. The average molecular weight is 366 g/mol. The zero-order valence-corrected chi connectivity index (χ0v) is 16.9. The highest BCUT2D eigenvalue weighted by Crippen LogP contribution is 2.36. The van der Waals surface area contributed by atoms with E-state index in [4.69, 9.17) is 4.74 Å². The monoisotopic (exact) mass is 365 g/mol. The average Bonchev–Trinajstić information content (AvgIpc) is 3.38. The number of amides is 2. The standard InChI is InChI=1S/C20H35N3O3/c1-19(2,3)26-18(25)23-9-7-20(4,8-10-23)15-17(24)22-13-11-21(12-14-22)16-5-6-16/h16H,5-15H2,1-4H3. The normalized spacial score (nSPS) is 24.5. The number of hydrogen-bond acceptors (Lipinski definition) is 4. The minimum Gasteiger partial charge on any atom is -0.444 e. The largest absolute Gasteiger partial charge is 0.444 e. The Balaban J connectivity index is 1.43. The topological polar surface area (TPSA) is 53.1 Å². The van der Waals surface area contributed by atoms with Gasteiger partial charge in [-0.3, -0.25) is 9.69 Å². The molecule has 0 unspecified atom stereocenters. The van der Waals surface area contributed by atoms with Crippen LogP contribution in [0.4, 0.5) is 4.79 Å². The highest BCUT2D eigenvalue weighted by atomic mass is 16.6. The molecule has 0 spiro atoms. The highest BCUT2D eigenvalue weighted by molar-refractivity contribution is 5.77. The third kappa shape index (κ3) is 5.12. The van der Waals surface area contributed by atoms with Crippen LogP contribution in [0.3, 0.4) is 0 Å². The minimum absolute atomic E-state index is 0.0107. The van der Waals surface area contributed by atoms with Crippen molar-refractivity contribution < 1.29 is 14.3 Å². The van der Waals surface area contributed by atoms with E-state index in [1.807, 2.05) is 25.7 Å². The molecule has 26 heavy (non-hydrogen) atoms. The summed E-state index contributed by atoms with van der Waals surface area (Å²) in [7, 11) is 0. The fourth-order valence-electron chi connectivity index (χ4n) is 3.99. The van der Waals surface area contributed by atoms with E-state index in [0.29, 0.717) is 19.5 Å². The number of carbonyl (C=O) groups excluding carboxylic acids is 2. The van der Waals surface area contributed by atoms with Crippen LogP contribution in [-0.4, -0.2) is 77.6 Å². The van der Waals surface area contributed by atoms with Crippen LogP contribution < -0.4 is 0 Å². The third-order valence-electron chi connectivity index (χ3n) is 5.93. The molecular weight excluding hydrogens is 330 g/mol. The Labute approximate surface area is 157 Å². The second-order valence-corrected chi connectivity index (χ2v) is 9.60. The first-order valence-corrected chi connectivity index (χ1v) is 10.1. The summed E-state index contributed by atoms with van der Waals surface area (Å²) in [4.78, 5) is 31.3. The number of hydrogen-bond donors (Lipinski definition) is 0. The molecule has 0 aromatic heterocycles. The van der Waals surface area contributed by atoms with Crippen LogP contribution in [-0.2, 0) is 9.53 Å². The predicted octanol–water partition coefficient (Wildman–Crippen LogP) is 2.72. The second kappa shape index (κ2) is 7.37. The zero-order chi connectivity index (χ0) is 18.9. The fourth-order valence-corrected chi connectivity index (χ4v) is 3.99. The molecule has 3 rings (SSSR count). The van der Waals surface area contributed by atoms with Crippen LogP contribution >= 0.6 is 0 Å². The predicted molar refractivity (Wildman–Crippen MR) is 101 cm³/mol. The van der Waals surface area contributed by atoms with Crippen LogP contribution in [0.15, 0.2) is 0 Å². The molecule has 0 aromatic carbocycles. The Morgan fingerprint density at radius 1 is 0.962 bits per heavy atom. The van der Waals surface area contributed by atoms with Crippen LogP contribution in [0.2, 0.25) is 0 Å². The van der Waals surface area contributed by atoms with E-state index in [-0.39, 0.29) is 17.4 Å². The van der Waals surface area contributed by atoms with Gasteiger partial charge in [0.2, 0.25) is 5.91 Å². The van der Waals surface area contributed by atoms with Gasteiger partial charge in [-0.15, -0.1) is 0 Å². The van der Waals surface area contributed by atoms with Crippen molar-refractivity contribution in [3.05, 3.63) is 0 Å². The summed E-state index contributed by atoms with van der Waals surface area (Å²) in [6.07, 6.45) is 4.75. The summed E-state index contributed by atoms with van der Waals surface area (Å²) in [5.41, 5.74) is -0.473. The van der Waals surface area contributed by atoms with Gasteiger partial charge < -0.3 is 14.5 Å². The molecule has 2 heterocycles. The molecule has 6 heteroatoms. The Morgan fingerprint density at radius 3 is 2.04 bits per heavy atom. The molecule has 0 N–H and O–H groups in total. The number of piperazine rings is 1. The molecule has 1 saturated carbocycles. The number of rotatable bonds is 3. The second-order valence-electron chi connectivity index (χ2n) is 9.60. The lowest BCUT2D eigenvalue weighted by Gasteiger charge is -2.41. The molecule has 0 radical (unpaired) electrons. The summed E-state index contributed by atoms with van der Waals surface area (Å²) in [5.74, 6) is 0.286. The number of piperidine rings is 1. The van der Waals surface area contributed by atoms with Crippen molar-refractivity contribution in [2.24, 2.45) is 5.41 Å². The first kappa shape index (κ1) is 19.5. The van der Waals surface area contributed by atoms with Crippen molar-refractivity contribution in [3.63, 3.8) is 0 Å². The van der Waals surface area contributed by atoms with Crippen molar-refractivity contribution in [1.29, 1.82) is 0 Å². The number of carbonyl (C=O) groups is 2. The third-order valence-corrected chi connectivity index (χ3v) is 5.93. The Bertz CT molecular complexity index is 523. The van der Waals surface area contributed by atoms with Crippen molar-refractivity contribution in [1.82, 2.24) is 14.7 Å².